The molecule has 0 saturated heterocycles. The fourth-order valence-electron chi connectivity index (χ4n) is 1.25. The fourth-order valence-corrected chi connectivity index (χ4v) is 1.60. The smallest absolute Gasteiger partial charge is 0.0782 e. The molecule has 1 aromatic rings. The summed E-state index contributed by atoms with van der Waals surface area (Å²) in [6.45, 7) is 0. The number of alkyl halides is 1. The van der Waals surface area contributed by atoms with Gasteiger partial charge in [0, 0.05) is 12.4 Å². The van der Waals surface area contributed by atoms with Crippen LogP contribution in [0.2, 0.25) is 0 Å². The highest BCUT2D eigenvalue weighted by Crippen LogP contribution is 2.29. The van der Waals surface area contributed by atoms with Crippen LogP contribution in [0.1, 0.15) is 5.56 Å². The van der Waals surface area contributed by atoms with Gasteiger partial charge in [-0.15, -0.1) is 5.53 Å². The number of halogens is 1. The average molecular weight is 228 g/mol. The molecule has 0 spiro atoms. The molecule has 2 rings (SSSR count). The van der Waals surface area contributed by atoms with E-state index in [1.807, 2.05) is 12.1 Å². The van der Waals surface area contributed by atoms with Gasteiger partial charge in [0.05, 0.1) is 11.4 Å². The number of hydrogen-bond acceptors (Lipinski definition) is 3. The van der Waals surface area contributed by atoms with E-state index in [-0.39, 0.29) is 0 Å². The maximum Gasteiger partial charge on any atom is 0.0782 e. The van der Waals surface area contributed by atoms with Gasteiger partial charge >= 0.3 is 0 Å². The second kappa shape index (κ2) is 2.95. The minimum Gasteiger partial charge on any atom is -0.302 e. The summed E-state index contributed by atoms with van der Waals surface area (Å²) in [5, 5.41) is 2.86. The third kappa shape index (κ3) is 1.17. The Bertz CT molecular complexity index is 300. The first-order valence-corrected chi connectivity index (χ1v) is 4.87. The summed E-state index contributed by atoms with van der Waals surface area (Å²) >= 11 is 3.43. The van der Waals surface area contributed by atoms with Gasteiger partial charge in [-0.25, -0.2) is 0 Å². The van der Waals surface area contributed by atoms with Crippen molar-refractivity contribution in [2.24, 2.45) is 0 Å². The van der Waals surface area contributed by atoms with Crippen LogP contribution in [0.15, 0.2) is 18.2 Å². The van der Waals surface area contributed by atoms with Crippen LogP contribution in [-0.2, 0) is 5.33 Å². The van der Waals surface area contributed by atoms with Crippen LogP contribution in [-0.4, -0.2) is 7.05 Å². The van der Waals surface area contributed by atoms with Gasteiger partial charge in [-0.05, 0) is 17.7 Å². The lowest BCUT2D eigenvalue weighted by Gasteiger charge is -2.09. The van der Waals surface area contributed by atoms with Gasteiger partial charge in [0.2, 0.25) is 0 Å². The minimum atomic E-state index is 0.897. The number of fused-ring (bicyclic) bond motifs is 1. The van der Waals surface area contributed by atoms with Crippen LogP contribution in [0, 0.1) is 0 Å². The zero-order chi connectivity index (χ0) is 8.55. The lowest BCUT2D eigenvalue weighted by Crippen LogP contribution is -2.31. The van der Waals surface area contributed by atoms with Crippen molar-refractivity contribution in [2.75, 3.05) is 17.5 Å². The summed E-state index contributed by atoms with van der Waals surface area (Å²) in [5.41, 5.74) is 9.66. The van der Waals surface area contributed by atoms with E-state index in [0.29, 0.717) is 0 Å². The molecule has 0 amide bonds. The molecular weight excluding hydrogens is 218 g/mol. The Balaban J connectivity index is 2.43. The lowest BCUT2D eigenvalue weighted by atomic mass is 10.2. The van der Waals surface area contributed by atoms with Gasteiger partial charge in [-0.1, -0.05) is 22.0 Å². The zero-order valence-corrected chi connectivity index (χ0v) is 8.35. The summed E-state index contributed by atoms with van der Waals surface area (Å²) in [6.07, 6.45) is 0. The Hall–Kier alpha value is -0.740. The zero-order valence-electron chi connectivity index (χ0n) is 6.76. The molecule has 0 atom stereocenters. The van der Waals surface area contributed by atoms with Crippen LogP contribution < -0.4 is 16.0 Å². The Labute approximate surface area is 79.8 Å². The molecule has 0 saturated carbocycles. The number of benzene rings is 1. The molecule has 0 fully saturated rings. The van der Waals surface area contributed by atoms with E-state index < -0.39 is 0 Å². The molecule has 1 aliphatic rings. The monoisotopic (exact) mass is 227 g/mol. The van der Waals surface area contributed by atoms with Gasteiger partial charge in [0.1, 0.15) is 0 Å². The topological polar surface area (TPSA) is 27.3 Å². The molecule has 4 heteroatoms. The van der Waals surface area contributed by atoms with Crippen LogP contribution >= 0.6 is 15.9 Å². The quantitative estimate of drug-likeness (QED) is 0.718. The second-order valence-electron chi connectivity index (χ2n) is 2.78. The first-order chi connectivity index (χ1) is 5.81. The molecule has 12 heavy (non-hydrogen) atoms. The Kier molecular flexibility index (Phi) is 1.94. The lowest BCUT2D eigenvalue weighted by molar-refractivity contribution is 0.820. The van der Waals surface area contributed by atoms with Crippen molar-refractivity contribution in [3.8, 4) is 0 Å². The van der Waals surface area contributed by atoms with Crippen LogP contribution in [0.3, 0.4) is 0 Å². The van der Waals surface area contributed by atoms with Crippen molar-refractivity contribution >= 4 is 27.3 Å². The van der Waals surface area contributed by atoms with Gasteiger partial charge < -0.3 is 5.43 Å². The maximum atomic E-state index is 3.43. The molecule has 0 bridgehead atoms. The standard InChI is InChI=1S/C8H10BrN3/c1-12-8-4-6(5-9)2-3-7(8)10-11-12/h2-4,10-11H,5H2,1H3. The Morgan fingerprint density at radius 2 is 2.33 bits per heavy atom. The maximum absolute atomic E-state index is 3.43. The van der Waals surface area contributed by atoms with Crippen molar-refractivity contribution < 1.29 is 0 Å². The normalized spacial score (nSPS) is 14.3. The molecule has 2 N–H and O–H groups in total. The van der Waals surface area contributed by atoms with Crippen molar-refractivity contribution in [1.29, 1.82) is 0 Å². The van der Waals surface area contributed by atoms with Crippen molar-refractivity contribution in [3.63, 3.8) is 0 Å². The van der Waals surface area contributed by atoms with Crippen molar-refractivity contribution in [3.05, 3.63) is 23.8 Å². The molecule has 0 unspecified atom stereocenters. The minimum absolute atomic E-state index is 0.897. The van der Waals surface area contributed by atoms with Crippen LogP contribution in [0.4, 0.5) is 11.4 Å². The molecule has 0 aromatic heterocycles. The third-order valence-electron chi connectivity index (χ3n) is 1.94. The molecule has 64 valence electrons. The van der Waals surface area contributed by atoms with Crippen molar-refractivity contribution in [1.82, 2.24) is 5.53 Å². The predicted octanol–water partition coefficient (Wildman–Crippen LogP) is 1.86. The van der Waals surface area contributed by atoms with E-state index in [2.05, 4.69) is 45.1 Å². The molecule has 1 aliphatic heterocycles. The summed E-state index contributed by atoms with van der Waals surface area (Å²) in [4.78, 5) is 0. The second-order valence-corrected chi connectivity index (χ2v) is 3.34. The molecule has 3 nitrogen and oxygen atoms in total. The van der Waals surface area contributed by atoms with E-state index in [9.17, 15) is 0 Å². The van der Waals surface area contributed by atoms with Gasteiger partial charge in [-0.2, -0.15) is 0 Å². The predicted molar refractivity (Wildman–Crippen MR) is 54.2 cm³/mol. The van der Waals surface area contributed by atoms with E-state index >= 15 is 0 Å². The van der Waals surface area contributed by atoms with Crippen LogP contribution in [0.5, 0.6) is 0 Å². The number of rotatable bonds is 1. The van der Waals surface area contributed by atoms with E-state index in [1.165, 1.54) is 11.3 Å². The summed E-state index contributed by atoms with van der Waals surface area (Å²) < 4.78 is 0. The molecule has 0 aliphatic carbocycles. The van der Waals surface area contributed by atoms with Crippen LogP contribution in [0.25, 0.3) is 0 Å². The highest BCUT2D eigenvalue weighted by atomic mass is 79.9. The molecular formula is C8H10BrN3. The Morgan fingerprint density at radius 1 is 1.50 bits per heavy atom. The van der Waals surface area contributed by atoms with Crippen molar-refractivity contribution in [2.45, 2.75) is 5.33 Å². The highest BCUT2D eigenvalue weighted by molar-refractivity contribution is 9.08. The third-order valence-corrected chi connectivity index (χ3v) is 2.58. The Morgan fingerprint density at radius 3 is 3.08 bits per heavy atom. The number of anilines is 2. The van der Waals surface area contributed by atoms with E-state index in [0.717, 1.165) is 11.0 Å². The summed E-state index contributed by atoms with van der Waals surface area (Å²) in [6, 6.07) is 6.32. The van der Waals surface area contributed by atoms with E-state index in [1.54, 1.807) is 0 Å². The molecule has 1 aromatic carbocycles. The fraction of sp³-hybridized carbons (Fsp3) is 0.250. The number of hydrogen-bond donors (Lipinski definition) is 2. The number of hydrazine groups is 2. The molecule has 1 heterocycles. The largest absolute Gasteiger partial charge is 0.302 e. The van der Waals surface area contributed by atoms with Gasteiger partial charge in [-0.3, -0.25) is 5.01 Å². The summed E-state index contributed by atoms with van der Waals surface area (Å²) in [5.74, 6) is 0. The SMILES string of the molecule is CN1NNc2ccc(CBr)cc21. The number of nitrogens with zero attached hydrogens (tertiary/aromatic N) is 1. The average Bonchev–Trinajstić information content (AvgIpc) is 2.47. The summed E-state index contributed by atoms with van der Waals surface area (Å²) in [7, 11) is 1.98. The van der Waals surface area contributed by atoms with Gasteiger partial charge in [0.25, 0.3) is 0 Å². The number of nitrogens with one attached hydrogen (secondary N) is 2. The molecule has 0 radical (unpaired) electrons. The van der Waals surface area contributed by atoms with E-state index in [4.69, 9.17) is 0 Å². The first kappa shape index (κ1) is 7.89. The van der Waals surface area contributed by atoms with Gasteiger partial charge in [0.15, 0.2) is 0 Å². The first-order valence-electron chi connectivity index (χ1n) is 3.75. The highest BCUT2D eigenvalue weighted by Gasteiger charge is 2.13.